The maximum Gasteiger partial charge on any atom is 0.261 e. The van der Waals surface area contributed by atoms with Crippen molar-refractivity contribution in [3.8, 4) is 5.75 Å². The number of ether oxygens (including phenoxy) is 1. The van der Waals surface area contributed by atoms with Gasteiger partial charge in [0.15, 0.2) is 6.10 Å². The molecule has 0 bridgehead atoms. The second kappa shape index (κ2) is 8.74. The third-order valence-corrected chi connectivity index (χ3v) is 4.63. The lowest BCUT2D eigenvalue weighted by molar-refractivity contribution is -0.127. The van der Waals surface area contributed by atoms with E-state index in [1.165, 1.54) is 0 Å². The van der Waals surface area contributed by atoms with Crippen molar-refractivity contribution in [2.24, 2.45) is 0 Å². The molecule has 138 valence electrons. The Labute approximate surface area is 164 Å². The van der Waals surface area contributed by atoms with Gasteiger partial charge in [0, 0.05) is 5.02 Å². The summed E-state index contributed by atoms with van der Waals surface area (Å²) in [6, 6.07) is 24.8. The Morgan fingerprint density at radius 3 is 2.37 bits per heavy atom. The van der Waals surface area contributed by atoms with Gasteiger partial charge < -0.3 is 10.1 Å². The van der Waals surface area contributed by atoms with E-state index in [4.69, 9.17) is 16.3 Å². The molecule has 0 aliphatic rings. The van der Waals surface area contributed by atoms with Gasteiger partial charge in [-0.1, -0.05) is 72.3 Å². The number of hydrogen-bond acceptors (Lipinski definition) is 2. The van der Waals surface area contributed by atoms with Gasteiger partial charge in [0.1, 0.15) is 5.75 Å². The second-order valence-electron chi connectivity index (χ2n) is 6.43. The van der Waals surface area contributed by atoms with Crippen LogP contribution < -0.4 is 10.1 Å². The van der Waals surface area contributed by atoms with Crippen LogP contribution in [0.15, 0.2) is 78.9 Å². The number of carbonyl (C=O) groups excluding carboxylic acids is 1. The van der Waals surface area contributed by atoms with Crippen molar-refractivity contribution in [1.82, 2.24) is 5.32 Å². The fraction of sp³-hybridized carbons (Fsp3) is 0.174. The number of carbonyl (C=O) groups is 1. The first kappa shape index (κ1) is 19.0. The van der Waals surface area contributed by atoms with Crippen molar-refractivity contribution >= 4 is 17.5 Å². The molecule has 0 aliphatic carbocycles. The number of aryl methyl sites for hydroxylation is 1. The first-order chi connectivity index (χ1) is 13.0. The van der Waals surface area contributed by atoms with Crippen LogP contribution in [0.3, 0.4) is 0 Å². The molecule has 0 saturated heterocycles. The van der Waals surface area contributed by atoms with E-state index >= 15 is 0 Å². The maximum atomic E-state index is 12.8. The minimum absolute atomic E-state index is 0.188. The highest BCUT2D eigenvalue weighted by Gasteiger charge is 2.22. The van der Waals surface area contributed by atoms with Crippen molar-refractivity contribution in [3.05, 3.63) is 101 Å². The zero-order chi connectivity index (χ0) is 19.2. The van der Waals surface area contributed by atoms with Gasteiger partial charge in [0.25, 0.3) is 5.91 Å². The van der Waals surface area contributed by atoms with Crippen molar-refractivity contribution in [3.63, 3.8) is 0 Å². The molecule has 2 atom stereocenters. The monoisotopic (exact) mass is 379 g/mol. The molecule has 3 aromatic carbocycles. The van der Waals surface area contributed by atoms with E-state index in [1.807, 2.05) is 61.5 Å². The Bertz CT molecular complexity index is 911. The van der Waals surface area contributed by atoms with E-state index in [9.17, 15) is 4.79 Å². The van der Waals surface area contributed by atoms with E-state index < -0.39 is 6.10 Å². The van der Waals surface area contributed by atoms with E-state index in [0.717, 1.165) is 16.7 Å². The molecular formula is C23H22ClNO2. The molecule has 4 heteroatoms. The Morgan fingerprint density at radius 2 is 1.67 bits per heavy atom. The van der Waals surface area contributed by atoms with Gasteiger partial charge in [0.2, 0.25) is 0 Å². The first-order valence-electron chi connectivity index (χ1n) is 8.87. The predicted octanol–water partition coefficient (Wildman–Crippen LogP) is 5.32. The number of rotatable bonds is 6. The minimum Gasteiger partial charge on any atom is -0.481 e. The van der Waals surface area contributed by atoms with Crippen molar-refractivity contribution in [2.45, 2.75) is 26.0 Å². The number of nitrogens with one attached hydrogen (secondary N) is 1. The number of halogens is 1. The summed E-state index contributed by atoms with van der Waals surface area (Å²) in [5.41, 5.74) is 3.21. The van der Waals surface area contributed by atoms with Gasteiger partial charge in [-0.15, -0.1) is 0 Å². The molecule has 3 rings (SSSR count). The topological polar surface area (TPSA) is 38.3 Å². The molecule has 0 spiro atoms. The van der Waals surface area contributed by atoms with Gasteiger partial charge in [-0.2, -0.15) is 0 Å². The molecule has 0 heterocycles. The number of amides is 1. The van der Waals surface area contributed by atoms with E-state index in [0.29, 0.717) is 10.8 Å². The zero-order valence-electron chi connectivity index (χ0n) is 15.4. The molecule has 27 heavy (non-hydrogen) atoms. The highest BCUT2D eigenvalue weighted by atomic mass is 35.5. The van der Waals surface area contributed by atoms with Crippen LogP contribution in [0.1, 0.15) is 29.7 Å². The van der Waals surface area contributed by atoms with E-state index in [1.54, 1.807) is 31.2 Å². The standard InChI is InChI=1S/C23H22ClNO2/c1-16-9-6-7-14-21(16)22(18-10-4-3-5-11-18)25-23(26)17(2)27-20-13-8-12-19(24)15-20/h3-15,17,22H,1-2H3,(H,25,26). The fourth-order valence-corrected chi connectivity index (χ4v) is 3.13. The summed E-state index contributed by atoms with van der Waals surface area (Å²) in [6.07, 6.45) is -0.654. The molecule has 0 aliphatic heterocycles. The van der Waals surface area contributed by atoms with Gasteiger partial charge in [-0.05, 0) is 48.7 Å². The van der Waals surface area contributed by atoms with Crippen LogP contribution in [0.2, 0.25) is 5.02 Å². The third kappa shape index (κ3) is 4.89. The van der Waals surface area contributed by atoms with E-state index in [2.05, 4.69) is 5.32 Å². The average Bonchev–Trinajstić information content (AvgIpc) is 2.67. The van der Waals surface area contributed by atoms with Gasteiger partial charge in [-0.25, -0.2) is 0 Å². The molecule has 0 radical (unpaired) electrons. The Hall–Kier alpha value is -2.78. The minimum atomic E-state index is -0.654. The van der Waals surface area contributed by atoms with E-state index in [-0.39, 0.29) is 11.9 Å². The van der Waals surface area contributed by atoms with Crippen LogP contribution in [0.4, 0.5) is 0 Å². The summed E-state index contributed by atoms with van der Waals surface area (Å²) in [4.78, 5) is 12.8. The predicted molar refractivity (Wildman–Crippen MR) is 109 cm³/mol. The van der Waals surface area contributed by atoms with Crippen molar-refractivity contribution in [1.29, 1.82) is 0 Å². The van der Waals surface area contributed by atoms with Crippen LogP contribution in [-0.4, -0.2) is 12.0 Å². The van der Waals surface area contributed by atoms with Crippen LogP contribution in [-0.2, 0) is 4.79 Å². The van der Waals surface area contributed by atoms with Crippen molar-refractivity contribution in [2.75, 3.05) is 0 Å². The zero-order valence-corrected chi connectivity index (χ0v) is 16.1. The summed E-state index contributed by atoms with van der Waals surface area (Å²) in [6.45, 7) is 3.78. The van der Waals surface area contributed by atoms with Gasteiger partial charge in [-0.3, -0.25) is 4.79 Å². The fourth-order valence-electron chi connectivity index (χ4n) is 2.95. The molecule has 1 amide bonds. The SMILES string of the molecule is Cc1ccccc1C(NC(=O)C(C)Oc1cccc(Cl)c1)c1ccccc1. The van der Waals surface area contributed by atoms with Crippen LogP contribution >= 0.6 is 11.6 Å². The third-order valence-electron chi connectivity index (χ3n) is 4.40. The molecule has 0 fully saturated rings. The number of benzene rings is 3. The lowest BCUT2D eigenvalue weighted by atomic mass is 9.95. The molecule has 0 saturated carbocycles. The Kier molecular flexibility index (Phi) is 6.15. The summed E-state index contributed by atoms with van der Waals surface area (Å²) in [5.74, 6) is 0.379. The maximum absolute atomic E-state index is 12.8. The Morgan fingerprint density at radius 1 is 0.963 bits per heavy atom. The van der Waals surface area contributed by atoms with Gasteiger partial charge >= 0.3 is 0 Å². The molecule has 2 unspecified atom stereocenters. The Balaban J connectivity index is 1.81. The second-order valence-corrected chi connectivity index (χ2v) is 6.86. The quantitative estimate of drug-likeness (QED) is 0.629. The largest absolute Gasteiger partial charge is 0.481 e. The van der Waals surface area contributed by atoms with Crippen molar-refractivity contribution < 1.29 is 9.53 Å². The molecular weight excluding hydrogens is 358 g/mol. The summed E-state index contributed by atoms with van der Waals surface area (Å²) in [7, 11) is 0. The molecule has 3 aromatic rings. The smallest absolute Gasteiger partial charge is 0.261 e. The van der Waals surface area contributed by atoms with Crippen LogP contribution in [0.25, 0.3) is 0 Å². The first-order valence-corrected chi connectivity index (χ1v) is 9.25. The molecule has 1 N–H and O–H groups in total. The van der Waals surface area contributed by atoms with Crippen LogP contribution in [0, 0.1) is 6.92 Å². The summed E-state index contributed by atoms with van der Waals surface area (Å²) >= 11 is 5.99. The summed E-state index contributed by atoms with van der Waals surface area (Å²) in [5, 5.41) is 3.70. The average molecular weight is 380 g/mol. The highest BCUT2D eigenvalue weighted by Crippen LogP contribution is 2.25. The molecule has 3 nitrogen and oxygen atoms in total. The normalized spacial score (nSPS) is 12.9. The molecule has 0 aromatic heterocycles. The van der Waals surface area contributed by atoms with Crippen LogP contribution in [0.5, 0.6) is 5.75 Å². The highest BCUT2D eigenvalue weighted by molar-refractivity contribution is 6.30. The number of hydrogen-bond donors (Lipinski definition) is 1. The summed E-state index contributed by atoms with van der Waals surface area (Å²) < 4.78 is 5.76. The lowest BCUT2D eigenvalue weighted by Gasteiger charge is -2.24. The lowest BCUT2D eigenvalue weighted by Crippen LogP contribution is -2.39. The van der Waals surface area contributed by atoms with Gasteiger partial charge in [0.05, 0.1) is 6.04 Å².